The van der Waals surface area contributed by atoms with E-state index in [0.717, 1.165) is 5.56 Å². The standard InChI is InChI=1S/C14H11ClN2O2/c15-10-5-6-13-11(7-10)17-14(19-13)16-8-9-3-1-2-4-12(9)18/h1-7,18H,8H2,(H,16,17). The molecule has 0 aliphatic heterocycles. The first kappa shape index (κ1) is 11.9. The second-order valence-electron chi connectivity index (χ2n) is 4.11. The largest absolute Gasteiger partial charge is 0.508 e. The van der Waals surface area contributed by atoms with E-state index < -0.39 is 0 Å². The summed E-state index contributed by atoms with van der Waals surface area (Å²) in [6.07, 6.45) is 0. The van der Waals surface area contributed by atoms with Gasteiger partial charge in [0, 0.05) is 17.1 Å². The second kappa shape index (κ2) is 4.82. The SMILES string of the molecule is Oc1ccccc1CNc1nc2cc(Cl)ccc2o1. The number of rotatable bonds is 3. The van der Waals surface area contributed by atoms with Gasteiger partial charge in [-0.15, -0.1) is 0 Å². The van der Waals surface area contributed by atoms with Crippen molar-refractivity contribution in [2.75, 3.05) is 5.32 Å². The van der Waals surface area contributed by atoms with Crippen LogP contribution in [0.5, 0.6) is 5.75 Å². The van der Waals surface area contributed by atoms with E-state index in [1.165, 1.54) is 0 Å². The first-order chi connectivity index (χ1) is 9.22. The normalized spacial score (nSPS) is 10.8. The van der Waals surface area contributed by atoms with Crippen molar-refractivity contribution in [3.05, 3.63) is 53.1 Å². The van der Waals surface area contributed by atoms with Crippen LogP contribution in [0.1, 0.15) is 5.56 Å². The number of phenolic OH excluding ortho intramolecular Hbond substituents is 1. The van der Waals surface area contributed by atoms with Gasteiger partial charge >= 0.3 is 0 Å². The summed E-state index contributed by atoms with van der Waals surface area (Å²) in [6, 6.07) is 12.8. The summed E-state index contributed by atoms with van der Waals surface area (Å²) in [5.41, 5.74) is 2.15. The Hall–Kier alpha value is -2.20. The molecule has 0 aliphatic rings. The van der Waals surface area contributed by atoms with Gasteiger partial charge in [0.15, 0.2) is 5.58 Å². The summed E-state index contributed by atoms with van der Waals surface area (Å²) in [5.74, 6) is 0.245. The van der Waals surface area contributed by atoms with Crippen molar-refractivity contribution in [1.29, 1.82) is 0 Å². The number of halogens is 1. The molecule has 0 atom stereocenters. The van der Waals surface area contributed by atoms with Gasteiger partial charge in [0.05, 0.1) is 0 Å². The molecule has 2 N–H and O–H groups in total. The first-order valence-corrected chi connectivity index (χ1v) is 6.17. The molecular formula is C14H11ClN2O2. The lowest BCUT2D eigenvalue weighted by atomic mass is 10.2. The van der Waals surface area contributed by atoms with E-state index >= 15 is 0 Å². The van der Waals surface area contributed by atoms with Crippen LogP contribution in [-0.2, 0) is 6.54 Å². The molecule has 0 aliphatic carbocycles. The number of fused-ring (bicyclic) bond motifs is 1. The maximum Gasteiger partial charge on any atom is 0.295 e. The zero-order valence-corrected chi connectivity index (χ0v) is 10.7. The molecule has 1 heterocycles. The van der Waals surface area contributed by atoms with Gasteiger partial charge in [-0.2, -0.15) is 4.98 Å². The predicted octanol–water partition coefficient (Wildman–Crippen LogP) is 3.80. The summed E-state index contributed by atoms with van der Waals surface area (Å²) in [7, 11) is 0. The monoisotopic (exact) mass is 274 g/mol. The molecule has 0 saturated carbocycles. The average molecular weight is 275 g/mol. The maximum atomic E-state index is 9.66. The number of para-hydroxylation sites is 1. The van der Waals surface area contributed by atoms with Crippen LogP contribution in [0.15, 0.2) is 46.9 Å². The van der Waals surface area contributed by atoms with Crippen LogP contribution >= 0.6 is 11.6 Å². The number of aromatic hydroxyl groups is 1. The number of anilines is 1. The Kier molecular flexibility index (Phi) is 3.01. The number of nitrogens with zero attached hydrogens (tertiary/aromatic N) is 1. The Labute approximate surface area is 114 Å². The van der Waals surface area contributed by atoms with Gasteiger partial charge in [0.2, 0.25) is 0 Å². The topological polar surface area (TPSA) is 58.3 Å². The Morgan fingerprint density at radius 1 is 1.21 bits per heavy atom. The number of nitrogens with one attached hydrogen (secondary N) is 1. The highest BCUT2D eigenvalue weighted by molar-refractivity contribution is 6.31. The Balaban J connectivity index is 1.80. The van der Waals surface area contributed by atoms with Crippen molar-refractivity contribution in [3.8, 4) is 5.75 Å². The molecule has 3 aromatic rings. The van der Waals surface area contributed by atoms with E-state index in [0.29, 0.717) is 28.7 Å². The third-order valence-corrected chi connectivity index (χ3v) is 3.01. The van der Waals surface area contributed by atoms with Crippen molar-refractivity contribution in [3.63, 3.8) is 0 Å². The third-order valence-electron chi connectivity index (χ3n) is 2.77. The van der Waals surface area contributed by atoms with Crippen LogP contribution in [0.2, 0.25) is 5.02 Å². The summed E-state index contributed by atoms with van der Waals surface area (Å²) in [6.45, 7) is 0.438. The zero-order chi connectivity index (χ0) is 13.2. The molecule has 3 rings (SSSR count). The van der Waals surface area contributed by atoms with Gasteiger partial charge in [0.25, 0.3) is 6.01 Å². The highest BCUT2D eigenvalue weighted by Gasteiger charge is 2.06. The smallest absolute Gasteiger partial charge is 0.295 e. The molecule has 0 fully saturated rings. The molecule has 2 aromatic carbocycles. The van der Waals surface area contributed by atoms with Gasteiger partial charge in [-0.25, -0.2) is 0 Å². The number of hydrogen-bond donors (Lipinski definition) is 2. The summed E-state index contributed by atoms with van der Waals surface area (Å²) < 4.78 is 5.52. The molecule has 0 amide bonds. The van der Waals surface area contributed by atoms with Gasteiger partial charge in [0.1, 0.15) is 11.3 Å². The van der Waals surface area contributed by atoms with E-state index in [1.54, 1.807) is 30.3 Å². The minimum Gasteiger partial charge on any atom is -0.508 e. The predicted molar refractivity (Wildman–Crippen MR) is 74.5 cm³/mol. The van der Waals surface area contributed by atoms with Crippen molar-refractivity contribution in [1.82, 2.24) is 4.98 Å². The van der Waals surface area contributed by atoms with Crippen LogP contribution < -0.4 is 5.32 Å². The Morgan fingerprint density at radius 2 is 2.05 bits per heavy atom. The molecule has 0 saturated heterocycles. The highest BCUT2D eigenvalue weighted by atomic mass is 35.5. The van der Waals surface area contributed by atoms with Crippen LogP contribution in [-0.4, -0.2) is 10.1 Å². The van der Waals surface area contributed by atoms with Gasteiger partial charge < -0.3 is 14.8 Å². The fraction of sp³-hybridized carbons (Fsp3) is 0.0714. The molecule has 4 nitrogen and oxygen atoms in total. The van der Waals surface area contributed by atoms with Gasteiger partial charge in [-0.1, -0.05) is 29.8 Å². The van der Waals surface area contributed by atoms with Crippen LogP contribution in [0.25, 0.3) is 11.1 Å². The van der Waals surface area contributed by atoms with Crippen LogP contribution in [0, 0.1) is 0 Å². The van der Waals surface area contributed by atoms with E-state index in [4.69, 9.17) is 16.0 Å². The number of hydrogen-bond acceptors (Lipinski definition) is 4. The molecule has 96 valence electrons. The van der Waals surface area contributed by atoms with E-state index in [-0.39, 0.29) is 5.75 Å². The van der Waals surface area contributed by atoms with Gasteiger partial charge in [-0.05, 0) is 24.3 Å². The quantitative estimate of drug-likeness (QED) is 0.763. The molecule has 5 heteroatoms. The van der Waals surface area contributed by atoms with Crippen molar-refractivity contribution in [2.45, 2.75) is 6.54 Å². The van der Waals surface area contributed by atoms with Gasteiger partial charge in [-0.3, -0.25) is 0 Å². The summed E-state index contributed by atoms with van der Waals surface area (Å²) in [4.78, 5) is 4.27. The molecule has 1 aromatic heterocycles. The lowest BCUT2D eigenvalue weighted by Crippen LogP contribution is -1.99. The molecule has 0 radical (unpaired) electrons. The molecule has 0 spiro atoms. The molecule has 0 bridgehead atoms. The Morgan fingerprint density at radius 3 is 2.89 bits per heavy atom. The van der Waals surface area contributed by atoms with E-state index in [2.05, 4.69) is 10.3 Å². The zero-order valence-electron chi connectivity index (χ0n) is 9.93. The fourth-order valence-corrected chi connectivity index (χ4v) is 1.97. The lowest BCUT2D eigenvalue weighted by Gasteiger charge is -2.03. The van der Waals surface area contributed by atoms with Crippen molar-refractivity contribution < 1.29 is 9.52 Å². The van der Waals surface area contributed by atoms with Crippen LogP contribution in [0.4, 0.5) is 6.01 Å². The first-order valence-electron chi connectivity index (χ1n) is 5.79. The maximum absolute atomic E-state index is 9.66. The number of oxazole rings is 1. The number of benzene rings is 2. The third kappa shape index (κ3) is 2.48. The van der Waals surface area contributed by atoms with E-state index in [1.807, 2.05) is 12.1 Å². The van der Waals surface area contributed by atoms with E-state index in [9.17, 15) is 5.11 Å². The molecule has 0 unspecified atom stereocenters. The summed E-state index contributed by atoms with van der Waals surface area (Å²) >= 11 is 5.89. The second-order valence-corrected chi connectivity index (χ2v) is 4.55. The van der Waals surface area contributed by atoms with Crippen molar-refractivity contribution in [2.24, 2.45) is 0 Å². The summed E-state index contributed by atoms with van der Waals surface area (Å²) in [5, 5.41) is 13.3. The molecule has 19 heavy (non-hydrogen) atoms. The fourth-order valence-electron chi connectivity index (χ4n) is 1.81. The average Bonchev–Trinajstić information content (AvgIpc) is 2.79. The lowest BCUT2D eigenvalue weighted by molar-refractivity contribution is 0.469. The minimum absolute atomic E-state index is 0.245. The Bertz CT molecular complexity index is 724. The molecular weight excluding hydrogens is 264 g/mol. The van der Waals surface area contributed by atoms with Crippen molar-refractivity contribution >= 4 is 28.7 Å². The highest BCUT2D eigenvalue weighted by Crippen LogP contribution is 2.23. The van der Waals surface area contributed by atoms with Crippen LogP contribution in [0.3, 0.4) is 0 Å². The minimum atomic E-state index is 0.245. The number of aromatic nitrogens is 1. The number of phenols is 1.